The number of rotatable bonds is 6. The molecule has 0 saturated carbocycles. The maximum atomic E-state index is 12.8. The van der Waals surface area contributed by atoms with Gasteiger partial charge in [-0.1, -0.05) is 0 Å². The molecule has 2 aromatic rings. The molecule has 0 radical (unpaired) electrons. The summed E-state index contributed by atoms with van der Waals surface area (Å²) in [6.45, 7) is 4.78. The maximum absolute atomic E-state index is 12.8. The summed E-state index contributed by atoms with van der Waals surface area (Å²) in [5.74, 6) is 0.479. The van der Waals surface area contributed by atoms with E-state index in [4.69, 9.17) is 4.74 Å². The largest absolute Gasteiger partial charge is 0.383 e. The molecule has 1 aliphatic rings. The molecule has 3 rings (SSSR count). The Morgan fingerprint density at radius 3 is 2.85 bits per heavy atom. The molecule has 0 spiro atoms. The summed E-state index contributed by atoms with van der Waals surface area (Å²) in [5.41, 5.74) is 1.20. The lowest BCUT2D eigenvalue weighted by Gasteiger charge is -2.32. The third-order valence-electron chi connectivity index (χ3n) is 4.77. The van der Waals surface area contributed by atoms with Crippen molar-refractivity contribution in [3.63, 3.8) is 0 Å². The molecule has 3 heterocycles. The van der Waals surface area contributed by atoms with Gasteiger partial charge in [0.25, 0.3) is 5.56 Å². The number of anilines is 1. The summed E-state index contributed by atoms with van der Waals surface area (Å²) in [6.07, 6.45) is 3.08. The number of nitrogens with one attached hydrogen (secondary N) is 1. The normalized spacial score (nSPS) is 15.4. The molecule has 1 aliphatic heterocycles. The van der Waals surface area contributed by atoms with E-state index >= 15 is 0 Å². The van der Waals surface area contributed by atoms with Crippen LogP contribution < -0.4 is 15.8 Å². The first-order valence-corrected chi connectivity index (χ1v) is 9.02. The second kappa shape index (κ2) is 8.27. The molecule has 0 aliphatic carbocycles. The van der Waals surface area contributed by atoms with Gasteiger partial charge in [0.1, 0.15) is 5.52 Å². The van der Waals surface area contributed by atoms with E-state index in [-0.39, 0.29) is 17.4 Å². The average molecular weight is 359 g/mol. The molecule has 1 N–H and O–H groups in total. The molecule has 8 heteroatoms. The summed E-state index contributed by atoms with van der Waals surface area (Å²) in [7, 11) is 1.61. The first-order chi connectivity index (χ1) is 12.7. The molecule has 8 nitrogen and oxygen atoms in total. The molecule has 0 aromatic carbocycles. The fourth-order valence-corrected chi connectivity index (χ4v) is 3.34. The third kappa shape index (κ3) is 3.70. The Morgan fingerprint density at radius 2 is 2.15 bits per heavy atom. The van der Waals surface area contributed by atoms with Gasteiger partial charge in [-0.15, -0.1) is 0 Å². The van der Waals surface area contributed by atoms with E-state index in [1.807, 2.05) is 24.0 Å². The average Bonchev–Trinajstić information content (AvgIpc) is 2.68. The fourth-order valence-electron chi connectivity index (χ4n) is 3.34. The third-order valence-corrected chi connectivity index (χ3v) is 4.77. The molecule has 2 aromatic heterocycles. The number of nitrogens with zero attached hydrogens (tertiary/aromatic N) is 4. The predicted molar refractivity (Wildman–Crippen MR) is 99.3 cm³/mol. The van der Waals surface area contributed by atoms with Crippen molar-refractivity contribution in [2.75, 3.05) is 38.3 Å². The molecule has 140 valence electrons. The van der Waals surface area contributed by atoms with Crippen LogP contribution >= 0.6 is 0 Å². The predicted octanol–water partition coefficient (Wildman–Crippen LogP) is 0.790. The standard InChI is InChI=1S/C18H25N5O3/c1-3-23-15-14(5-4-8-19-15)21-16(18(23)25)22-10-6-13(7-11-22)17(24)20-9-12-26-2/h4-5,8,13H,3,6-7,9-12H2,1-2H3,(H,20,24). The molecule has 1 fully saturated rings. The number of hydrogen-bond donors (Lipinski definition) is 1. The monoisotopic (exact) mass is 359 g/mol. The minimum absolute atomic E-state index is 0.0290. The summed E-state index contributed by atoms with van der Waals surface area (Å²) in [6, 6.07) is 3.69. The molecule has 0 unspecified atom stereocenters. The molecular weight excluding hydrogens is 334 g/mol. The maximum Gasteiger partial charge on any atom is 0.295 e. The van der Waals surface area contributed by atoms with Gasteiger partial charge in [0.2, 0.25) is 5.91 Å². The summed E-state index contributed by atoms with van der Waals surface area (Å²) in [4.78, 5) is 35.8. The number of ether oxygens (including phenoxy) is 1. The van der Waals surface area contributed by atoms with Gasteiger partial charge >= 0.3 is 0 Å². The zero-order valence-electron chi connectivity index (χ0n) is 15.3. The number of hydrogen-bond acceptors (Lipinski definition) is 6. The first-order valence-electron chi connectivity index (χ1n) is 9.02. The Bertz CT molecular complexity index is 827. The molecule has 0 atom stereocenters. The van der Waals surface area contributed by atoms with Crippen molar-refractivity contribution in [3.05, 3.63) is 28.7 Å². The number of piperidine rings is 1. The van der Waals surface area contributed by atoms with Crippen molar-refractivity contribution in [3.8, 4) is 0 Å². The van der Waals surface area contributed by atoms with Gasteiger partial charge in [-0.2, -0.15) is 0 Å². The number of methoxy groups -OCH3 is 1. The van der Waals surface area contributed by atoms with Gasteiger partial charge in [-0.3, -0.25) is 14.2 Å². The summed E-state index contributed by atoms with van der Waals surface area (Å²) >= 11 is 0. The highest BCUT2D eigenvalue weighted by atomic mass is 16.5. The fraction of sp³-hybridized carbons (Fsp3) is 0.556. The quantitative estimate of drug-likeness (QED) is 0.767. The topological polar surface area (TPSA) is 89.4 Å². The van der Waals surface area contributed by atoms with Gasteiger partial charge in [0.05, 0.1) is 6.61 Å². The zero-order chi connectivity index (χ0) is 18.5. The minimum Gasteiger partial charge on any atom is -0.383 e. The van der Waals surface area contributed by atoms with Crippen LogP contribution in [0.15, 0.2) is 23.1 Å². The number of carbonyl (C=O) groups is 1. The van der Waals surface area contributed by atoms with E-state index < -0.39 is 0 Å². The Balaban J connectivity index is 1.74. The molecule has 1 saturated heterocycles. The van der Waals surface area contributed by atoms with Crippen molar-refractivity contribution < 1.29 is 9.53 Å². The van der Waals surface area contributed by atoms with Crippen LogP contribution in [0.5, 0.6) is 0 Å². The molecule has 0 bridgehead atoms. The van der Waals surface area contributed by atoms with Crippen molar-refractivity contribution in [1.82, 2.24) is 19.9 Å². The van der Waals surface area contributed by atoms with Crippen molar-refractivity contribution in [2.45, 2.75) is 26.3 Å². The number of fused-ring (bicyclic) bond motifs is 1. The van der Waals surface area contributed by atoms with Crippen molar-refractivity contribution >= 4 is 22.9 Å². The Labute approximate surface area is 152 Å². The van der Waals surface area contributed by atoms with Crippen LogP contribution in [-0.4, -0.2) is 53.8 Å². The number of amides is 1. The number of aryl methyl sites for hydroxylation is 1. The number of aromatic nitrogens is 3. The SMILES string of the molecule is CCn1c(=O)c(N2CCC(C(=O)NCCOC)CC2)nc2cccnc21. The van der Waals surface area contributed by atoms with Gasteiger partial charge in [-0.25, -0.2) is 9.97 Å². The van der Waals surface area contributed by atoms with E-state index in [1.165, 1.54) is 0 Å². The molecule has 26 heavy (non-hydrogen) atoms. The van der Waals surface area contributed by atoms with E-state index in [2.05, 4.69) is 15.3 Å². The van der Waals surface area contributed by atoms with Crippen LogP contribution in [0.25, 0.3) is 11.2 Å². The highest BCUT2D eigenvalue weighted by molar-refractivity contribution is 5.79. The van der Waals surface area contributed by atoms with Gasteiger partial charge in [0, 0.05) is 45.4 Å². The Morgan fingerprint density at radius 1 is 1.38 bits per heavy atom. The number of carbonyl (C=O) groups excluding carboxylic acids is 1. The Hall–Kier alpha value is -2.48. The van der Waals surface area contributed by atoms with Crippen LogP contribution in [0.3, 0.4) is 0 Å². The highest BCUT2D eigenvalue weighted by Crippen LogP contribution is 2.21. The van der Waals surface area contributed by atoms with Crippen LogP contribution in [-0.2, 0) is 16.1 Å². The van der Waals surface area contributed by atoms with E-state index in [0.717, 1.165) is 0 Å². The zero-order valence-corrected chi connectivity index (χ0v) is 15.3. The summed E-state index contributed by atoms with van der Waals surface area (Å²) < 4.78 is 6.61. The van der Waals surface area contributed by atoms with Crippen LogP contribution in [0.4, 0.5) is 5.82 Å². The van der Waals surface area contributed by atoms with Crippen LogP contribution in [0.1, 0.15) is 19.8 Å². The summed E-state index contributed by atoms with van der Waals surface area (Å²) in [5, 5.41) is 2.89. The lowest BCUT2D eigenvalue weighted by Crippen LogP contribution is -2.43. The number of pyridine rings is 1. The Kier molecular flexibility index (Phi) is 5.82. The smallest absolute Gasteiger partial charge is 0.295 e. The molecule has 1 amide bonds. The van der Waals surface area contributed by atoms with Gasteiger partial charge < -0.3 is 15.0 Å². The first kappa shape index (κ1) is 18.3. The minimum atomic E-state index is -0.123. The lowest BCUT2D eigenvalue weighted by atomic mass is 9.96. The lowest BCUT2D eigenvalue weighted by molar-refractivity contribution is -0.125. The second-order valence-electron chi connectivity index (χ2n) is 6.38. The van der Waals surface area contributed by atoms with Gasteiger partial charge in [-0.05, 0) is 31.9 Å². The van der Waals surface area contributed by atoms with E-state index in [0.29, 0.717) is 62.6 Å². The van der Waals surface area contributed by atoms with Crippen molar-refractivity contribution in [1.29, 1.82) is 0 Å². The van der Waals surface area contributed by atoms with E-state index in [9.17, 15) is 9.59 Å². The van der Waals surface area contributed by atoms with Gasteiger partial charge in [0.15, 0.2) is 11.5 Å². The van der Waals surface area contributed by atoms with Crippen LogP contribution in [0.2, 0.25) is 0 Å². The van der Waals surface area contributed by atoms with Crippen LogP contribution in [0, 0.1) is 5.92 Å². The molecular formula is C18H25N5O3. The second-order valence-corrected chi connectivity index (χ2v) is 6.38. The highest BCUT2D eigenvalue weighted by Gasteiger charge is 2.27. The van der Waals surface area contributed by atoms with E-state index in [1.54, 1.807) is 17.9 Å². The van der Waals surface area contributed by atoms with Crippen molar-refractivity contribution in [2.24, 2.45) is 5.92 Å².